The highest BCUT2D eigenvalue weighted by Crippen LogP contribution is 2.73. The SMILES string of the molecule is C=CC1(C)CCC2(C)C(C1)C1CC3C(C)(C(=O)O)CCCC32O1. The van der Waals surface area contributed by atoms with Gasteiger partial charge in [-0.2, -0.15) is 0 Å². The number of allylic oxidation sites excluding steroid dienone is 1. The summed E-state index contributed by atoms with van der Waals surface area (Å²) < 4.78 is 6.70. The number of carbonyl (C=O) groups is 1. The van der Waals surface area contributed by atoms with Gasteiger partial charge in [0, 0.05) is 11.3 Å². The van der Waals surface area contributed by atoms with Gasteiger partial charge in [0.2, 0.25) is 0 Å². The van der Waals surface area contributed by atoms with Crippen LogP contribution in [0, 0.1) is 28.1 Å². The Bertz CT molecular complexity index is 571. The lowest BCUT2D eigenvalue weighted by Crippen LogP contribution is -2.62. The minimum Gasteiger partial charge on any atom is -0.481 e. The average molecular weight is 318 g/mol. The molecule has 2 aliphatic carbocycles. The van der Waals surface area contributed by atoms with Gasteiger partial charge >= 0.3 is 5.97 Å². The molecule has 2 heterocycles. The van der Waals surface area contributed by atoms with E-state index in [1.807, 2.05) is 6.92 Å². The molecule has 1 N–H and O–H groups in total. The molecule has 0 aromatic carbocycles. The normalized spacial score (nSPS) is 57.6. The maximum Gasteiger partial charge on any atom is 0.309 e. The number of carboxylic acids is 1. The molecule has 1 spiro atoms. The van der Waals surface area contributed by atoms with Crippen LogP contribution in [0.2, 0.25) is 0 Å². The highest BCUT2D eigenvalue weighted by molar-refractivity contribution is 5.75. The van der Waals surface area contributed by atoms with E-state index in [9.17, 15) is 9.90 Å². The van der Waals surface area contributed by atoms with Gasteiger partial charge in [0.1, 0.15) is 0 Å². The van der Waals surface area contributed by atoms with Crippen LogP contribution in [0.25, 0.3) is 0 Å². The predicted octanol–water partition coefficient (Wildman–Crippen LogP) is 4.42. The van der Waals surface area contributed by atoms with Crippen LogP contribution in [-0.2, 0) is 9.53 Å². The molecule has 2 saturated heterocycles. The summed E-state index contributed by atoms with van der Waals surface area (Å²) in [6.07, 6.45) is 9.60. The van der Waals surface area contributed by atoms with Crippen molar-refractivity contribution < 1.29 is 14.6 Å². The summed E-state index contributed by atoms with van der Waals surface area (Å²) in [6, 6.07) is 0. The Morgan fingerprint density at radius 3 is 2.61 bits per heavy atom. The van der Waals surface area contributed by atoms with Crippen molar-refractivity contribution in [2.24, 2.45) is 28.1 Å². The molecule has 4 aliphatic rings. The first kappa shape index (κ1) is 15.7. The monoisotopic (exact) mass is 318 g/mol. The molecular weight excluding hydrogens is 288 g/mol. The second kappa shape index (κ2) is 4.41. The van der Waals surface area contributed by atoms with Crippen LogP contribution in [-0.4, -0.2) is 22.8 Å². The second-order valence-electron chi connectivity index (χ2n) is 9.50. The molecule has 7 unspecified atom stereocenters. The third-order valence-corrected chi connectivity index (χ3v) is 8.52. The van der Waals surface area contributed by atoms with Crippen molar-refractivity contribution in [3.05, 3.63) is 12.7 Å². The minimum atomic E-state index is -0.621. The molecule has 23 heavy (non-hydrogen) atoms. The first-order valence-corrected chi connectivity index (χ1v) is 9.26. The van der Waals surface area contributed by atoms with Crippen molar-refractivity contribution in [3.8, 4) is 0 Å². The van der Waals surface area contributed by atoms with Gasteiger partial charge in [0.25, 0.3) is 0 Å². The molecule has 2 saturated carbocycles. The standard InChI is InChI=1S/C20H30O3/c1-5-17(2)9-10-19(4)13(12-17)14-11-15-18(3,16(21)22)7-6-8-20(15,19)23-14/h5,13-15H,1,6-12H2,2-4H3,(H,21,22). The predicted molar refractivity (Wildman–Crippen MR) is 89.1 cm³/mol. The molecule has 3 nitrogen and oxygen atoms in total. The van der Waals surface area contributed by atoms with Crippen LogP contribution < -0.4 is 0 Å². The van der Waals surface area contributed by atoms with E-state index in [4.69, 9.17) is 4.74 Å². The maximum atomic E-state index is 12.0. The van der Waals surface area contributed by atoms with Crippen molar-refractivity contribution in [1.29, 1.82) is 0 Å². The Hall–Kier alpha value is -0.830. The van der Waals surface area contributed by atoms with Crippen LogP contribution in [0.4, 0.5) is 0 Å². The average Bonchev–Trinajstić information content (AvgIpc) is 3.01. The van der Waals surface area contributed by atoms with E-state index in [0.717, 1.165) is 44.9 Å². The summed E-state index contributed by atoms with van der Waals surface area (Å²) in [5.74, 6) is 0.122. The lowest BCUT2D eigenvalue weighted by atomic mass is 9.43. The summed E-state index contributed by atoms with van der Waals surface area (Å²) in [5.41, 5.74) is -0.453. The molecule has 0 amide bonds. The first-order valence-electron chi connectivity index (χ1n) is 9.26. The first-order chi connectivity index (χ1) is 10.7. The van der Waals surface area contributed by atoms with Gasteiger partial charge < -0.3 is 9.84 Å². The summed E-state index contributed by atoms with van der Waals surface area (Å²) >= 11 is 0. The Morgan fingerprint density at radius 1 is 1.22 bits per heavy atom. The number of ether oxygens (including phenoxy) is 1. The fourth-order valence-corrected chi connectivity index (χ4v) is 6.86. The van der Waals surface area contributed by atoms with E-state index in [1.165, 1.54) is 0 Å². The molecule has 3 heteroatoms. The van der Waals surface area contributed by atoms with Crippen molar-refractivity contribution in [2.75, 3.05) is 0 Å². The van der Waals surface area contributed by atoms with Crippen molar-refractivity contribution >= 4 is 5.97 Å². The van der Waals surface area contributed by atoms with Crippen molar-refractivity contribution in [1.82, 2.24) is 0 Å². The Kier molecular flexibility index (Phi) is 3.01. The minimum absolute atomic E-state index is 0.139. The molecule has 4 rings (SSSR count). The number of carboxylic acid groups (broad SMARTS) is 1. The molecule has 0 aromatic rings. The Morgan fingerprint density at radius 2 is 1.96 bits per heavy atom. The summed E-state index contributed by atoms with van der Waals surface area (Å²) in [4.78, 5) is 12.0. The van der Waals surface area contributed by atoms with E-state index in [1.54, 1.807) is 0 Å². The van der Waals surface area contributed by atoms with Crippen LogP contribution in [0.5, 0.6) is 0 Å². The lowest BCUT2D eigenvalue weighted by Gasteiger charge is -2.59. The molecule has 0 radical (unpaired) electrons. The van der Waals surface area contributed by atoms with Crippen molar-refractivity contribution in [2.45, 2.75) is 77.4 Å². The number of aliphatic carboxylic acids is 1. The largest absolute Gasteiger partial charge is 0.481 e. The highest BCUT2D eigenvalue weighted by Gasteiger charge is 2.75. The van der Waals surface area contributed by atoms with Gasteiger partial charge in [-0.25, -0.2) is 0 Å². The molecular formula is C20H30O3. The van der Waals surface area contributed by atoms with E-state index in [-0.39, 0.29) is 28.5 Å². The number of rotatable bonds is 2. The molecule has 0 aromatic heterocycles. The zero-order valence-corrected chi connectivity index (χ0v) is 14.7. The van der Waals surface area contributed by atoms with Gasteiger partial charge in [-0.15, -0.1) is 6.58 Å². The van der Waals surface area contributed by atoms with E-state index < -0.39 is 11.4 Å². The maximum absolute atomic E-state index is 12.0. The van der Waals surface area contributed by atoms with Crippen LogP contribution in [0.3, 0.4) is 0 Å². The number of fused-ring (bicyclic) bond motifs is 3. The van der Waals surface area contributed by atoms with Gasteiger partial charge in [-0.05, 0) is 63.2 Å². The quantitative estimate of drug-likeness (QED) is 0.767. The molecule has 4 fully saturated rings. The third kappa shape index (κ3) is 1.67. The highest BCUT2D eigenvalue weighted by atomic mass is 16.5. The van der Waals surface area contributed by atoms with Crippen LogP contribution in [0.15, 0.2) is 12.7 Å². The van der Waals surface area contributed by atoms with Gasteiger partial charge in [0.05, 0.1) is 17.1 Å². The van der Waals surface area contributed by atoms with Crippen LogP contribution >= 0.6 is 0 Å². The topological polar surface area (TPSA) is 46.5 Å². The molecule has 128 valence electrons. The second-order valence-corrected chi connectivity index (χ2v) is 9.50. The van der Waals surface area contributed by atoms with Crippen LogP contribution in [0.1, 0.15) is 65.7 Å². The van der Waals surface area contributed by atoms with Gasteiger partial charge in [0.15, 0.2) is 0 Å². The summed E-state index contributed by atoms with van der Waals surface area (Å²) in [5, 5.41) is 9.90. The van der Waals surface area contributed by atoms with Gasteiger partial charge in [-0.1, -0.05) is 19.9 Å². The summed E-state index contributed by atoms with van der Waals surface area (Å²) in [7, 11) is 0. The summed E-state index contributed by atoms with van der Waals surface area (Å²) in [6.45, 7) is 10.8. The smallest absolute Gasteiger partial charge is 0.309 e. The van der Waals surface area contributed by atoms with E-state index >= 15 is 0 Å². The molecule has 2 aliphatic heterocycles. The van der Waals surface area contributed by atoms with E-state index in [0.29, 0.717) is 5.92 Å². The Balaban J connectivity index is 1.75. The van der Waals surface area contributed by atoms with Gasteiger partial charge in [-0.3, -0.25) is 4.79 Å². The van der Waals surface area contributed by atoms with Crippen molar-refractivity contribution in [3.63, 3.8) is 0 Å². The zero-order valence-electron chi connectivity index (χ0n) is 14.7. The Labute approximate surface area is 139 Å². The molecule has 2 bridgehead atoms. The molecule has 7 atom stereocenters. The zero-order chi connectivity index (χ0) is 16.7. The lowest BCUT2D eigenvalue weighted by molar-refractivity contribution is -0.178. The fourth-order valence-electron chi connectivity index (χ4n) is 6.86. The fraction of sp³-hybridized carbons (Fsp3) is 0.850. The van der Waals surface area contributed by atoms with E-state index in [2.05, 4.69) is 26.5 Å². The number of hydrogen-bond donors (Lipinski definition) is 1. The number of hydrogen-bond acceptors (Lipinski definition) is 2. The third-order valence-electron chi connectivity index (χ3n) is 8.52.